The van der Waals surface area contributed by atoms with Gasteiger partial charge in [0.2, 0.25) is 0 Å². The maximum atomic E-state index is 2.72. The van der Waals surface area contributed by atoms with Crippen LogP contribution >= 0.6 is 0 Å². The summed E-state index contributed by atoms with van der Waals surface area (Å²) in [6, 6.07) is 28.2. The minimum Gasteiger partial charge on any atom is -1.00 e. The van der Waals surface area contributed by atoms with Gasteiger partial charge in [-0.1, -0.05) is 133 Å². The summed E-state index contributed by atoms with van der Waals surface area (Å²) in [7, 11) is 0. The third-order valence-electron chi connectivity index (χ3n) is 9.14. The van der Waals surface area contributed by atoms with E-state index in [2.05, 4.69) is 124 Å². The molecule has 0 saturated heterocycles. The van der Waals surface area contributed by atoms with Crippen molar-refractivity contribution in [2.45, 2.75) is 45.4 Å². The molecule has 0 heterocycles. The van der Waals surface area contributed by atoms with Crippen LogP contribution in [0.5, 0.6) is 0 Å². The number of rotatable bonds is 4. The van der Waals surface area contributed by atoms with Crippen LogP contribution in [0.25, 0.3) is 0 Å². The van der Waals surface area contributed by atoms with Crippen molar-refractivity contribution in [3.8, 4) is 0 Å². The van der Waals surface area contributed by atoms with Gasteiger partial charge in [0.1, 0.15) is 0 Å². The van der Waals surface area contributed by atoms with Crippen molar-refractivity contribution in [3.63, 3.8) is 0 Å². The molecule has 39 heavy (non-hydrogen) atoms. The first-order chi connectivity index (χ1) is 17.1. The standard InChI is InChI=1S/C35H37.3ClH.Ti/c1-24-11-8-14-27(21-24)35(28-15-9-12-25(2)22-28,29-16-10-13-26(3)23-29)34-32-19-6-4-17-30(32)31-18-5-7-20-33(31)34;;;;/h4,6,8-17,19-23,30-34H,5,7,18H2,1-3H3;3*1H;/q-1;;;;+4/p-3. The maximum Gasteiger partial charge on any atom is 4.00 e. The molecule has 3 aromatic rings. The van der Waals surface area contributed by atoms with Crippen LogP contribution in [0.2, 0.25) is 0 Å². The first kappa shape index (κ1) is 33.9. The van der Waals surface area contributed by atoms with Crippen LogP contribution in [0.15, 0.2) is 97.1 Å². The first-order valence-corrected chi connectivity index (χ1v) is 13.5. The van der Waals surface area contributed by atoms with Crippen molar-refractivity contribution >= 4 is 0 Å². The fourth-order valence-electron chi connectivity index (χ4n) is 7.90. The van der Waals surface area contributed by atoms with Gasteiger partial charge in [-0.25, -0.2) is 0 Å². The van der Waals surface area contributed by atoms with Gasteiger partial charge in [0.15, 0.2) is 0 Å². The summed E-state index contributed by atoms with van der Waals surface area (Å²) in [4.78, 5) is 0. The molecule has 3 aliphatic rings. The van der Waals surface area contributed by atoms with E-state index in [1.165, 1.54) is 52.6 Å². The Labute approximate surface area is 269 Å². The van der Waals surface area contributed by atoms with E-state index in [4.69, 9.17) is 0 Å². The topological polar surface area (TPSA) is 0 Å². The van der Waals surface area contributed by atoms with Crippen molar-refractivity contribution in [1.29, 1.82) is 0 Å². The van der Waals surface area contributed by atoms with Gasteiger partial charge in [-0.15, -0.1) is 0 Å². The molecular weight excluding hydrogens is 575 g/mol. The molecule has 4 heteroatoms. The maximum absolute atomic E-state index is 2.72. The molecule has 0 nitrogen and oxygen atoms in total. The Morgan fingerprint density at radius 2 is 1.13 bits per heavy atom. The third-order valence-corrected chi connectivity index (χ3v) is 9.14. The van der Waals surface area contributed by atoms with E-state index in [-0.39, 0.29) is 64.4 Å². The van der Waals surface area contributed by atoms with Crippen molar-refractivity contribution in [2.75, 3.05) is 0 Å². The average Bonchev–Trinajstić information content (AvgIpc) is 3.20. The summed E-state index contributed by atoms with van der Waals surface area (Å²) >= 11 is 0. The number of aryl methyl sites for hydroxylation is 3. The number of halogens is 3. The smallest absolute Gasteiger partial charge is 1.00 e. The quantitative estimate of drug-likeness (QED) is 0.214. The summed E-state index contributed by atoms with van der Waals surface area (Å²) in [6.07, 6.45) is 16.4. The van der Waals surface area contributed by atoms with Gasteiger partial charge in [-0.3, -0.25) is 0 Å². The molecule has 2 fully saturated rings. The molecular formula is C35H37Cl3Ti. The molecule has 2 saturated carbocycles. The summed E-state index contributed by atoms with van der Waals surface area (Å²) in [5.74, 6) is 2.98. The van der Waals surface area contributed by atoms with Gasteiger partial charge in [0.25, 0.3) is 0 Å². The summed E-state index contributed by atoms with van der Waals surface area (Å²) < 4.78 is 0. The van der Waals surface area contributed by atoms with Gasteiger partial charge in [0.05, 0.1) is 0 Å². The van der Waals surface area contributed by atoms with Crippen LogP contribution in [-0.2, 0) is 27.1 Å². The van der Waals surface area contributed by atoms with Crippen molar-refractivity contribution < 1.29 is 58.9 Å². The first-order valence-electron chi connectivity index (χ1n) is 13.5. The van der Waals surface area contributed by atoms with Gasteiger partial charge in [0, 0.05) is 5.41 Å². The second kappa shape index (κ2) is 14.1. The Bertz CT molecular complexity index is 1190. The summed E-state index contributed by atoms with van der Waals surface area (Å²) in [5, 5.41) is 0. The summed E-state index contributed by atoms with van der Waals surface area (Å²) in [5.41, 5.74) is 8.13. The average molecular weight is 612 g/mol. The van der Waals surface area contributed by atoms with Crippen molar-refractivity contribution in [2.24, 2.45) is 29.6 Å². The van der Waals surface area contributed by atoms with E-state index >= 15 is 0 Å². The molecule has 5 unspecified atom stereocenters. The molecule has 0 bridgehead atoms. The molecule has 0 N–H and O–H groups in total. The predicted molar refractivity (Wildman–Crippen MR) is 147 cm³/mol. The van der Waals surface area contributed by atoms with Gasteiger partial charge in [-0.2, -0.15) is 12.3 Å². The van der Waals surface area contributed by atoms with Gasteiger partial charge < -0.3 is 43.6 Å². The monoisotopic (exact) mass is 610 g/mol. The molecule has 3 aromatic carbocycles. The van der Waals surface area contributed by atoms with Crippen LogP contribution in [0.3, 0.4) is 0 Å². The van der Waals surface area contributed by atoms with E-state index < -0.39 is 0 Å². The van der Waals surface area contributed by atoms with Crippen molar-refractivity contribution in [3.05, 3.63) is 137 Å². The van der Waals surface area contributed by atoms with E-state index in [1.54, 1.807) is 0 Å². The second-order valence-electron chi connectivity index (χ2n) is 11.3. The van der Waals surface area contributed by atoms with Gasteiger partial charge in [-0.05, 0) is 55.2 Å². The Balaban J connectivity index is 0.00000133. The zero-order valence-electron chi connectivity index (χ0n) is 23.0. The van der Waals surface area contributed by atoms with Crippen LogP contribution < -0.4 is 37.2 Å². The van der Waals surface area contributed by atoms with E-state index in [1.807, 2.05) is 0 Å². The van der Waals surface area contributed by atoms with Crippen LogP contribution in [0, 0.1) is 56.8 Å². The molecule has 0 aromatic heterocycles. The number of fused-ring (bicyclic) bond motifs is 3. The summed E-state index contributed by atoms with van der Waals surface area (Å²) in [6.45, 7) is 6.74. The van der Waals surface area contributed by atoms with Gasteiger partial charge >= 0.3 is 21.7 Å². The van der Waals surface area contributed by atoms with E-state index in [0.717, 1.165) is 5.92 Å². The zero-order chi connectivity index (χ0) is 24.0. The Morgan fingerprint density at radius 3 is 1.59 bits per heavy atom. The Hall–Kier alpha value is -1.28. The minimum absolute atomic E-state index is 0. The van der Waals surface area contributed by atoms with E-state index in [9.17, 15) is 0 Å². The predicted octanol–water partition coefficient (Wildman–Crippen LogP) is -0.435. The van der Waals surface area contributed by atoms with Crippen LogP contribution in [-0.4, -0.2) is 0 Å². The van der Waals surface area contributed by atoms with Crippen LogP contribution in [0.1, 0.15) is 52.6 Å². The van der Waals surface area contributed by atoms with E-state index in [0.29, 0.717) is 23.7 Å². The normalized spacial score (nSPS) is 24.6. The molecule has 0 radical (unpaired) electrons. The fraction of sp³-hybridized carbons (Fsp3) is 0.343. The largest absolute Gasteiger partial charge is 4.00 e. The SMILES string of the molecule is Cc1cccc(C(c2cccc(C)c2)(c2cccc(C)c2)C2C3C=CC=CC3C3CCC[CH-]C32)c1.[Cl-].[Cl-].[Cl-].[Ti+4]. The molecule has 5 atom stereocenters. The van der Waals surface area contributed by atoms with Crippen LogP contribution in [0.4, 0.5) is 0 Å². The molecule has 3 aliphatic carbocycles. The van der Waals surface area contributed by atoms with Crippen molar-refractivity contribution in [1.82, 2.24) is 0 Å². The number of hydrogen-bond donors (Lipinski definition) is 0. The molecule has 0 aliphatic heterocycles. The molecule has 0 amide bonds. The Morgan fingerprint density at radius 1 is 0.667 bits per heavy atom. The molecule has 0 spiro atoms. The Kier molecular flexibility index (Phi) is 12.2. The number of allylic oxidation sites excluding steroid dienone is 4. The molecule has 6 rings (SSSR count). The third kappa shape index (κ3) is 5.89. The number of hydrogen-bond acceptors (Lipinski definition) is 0. The fourth-order valence-corrected chi connectivity index (χ4v) is 7.90. The zero-order valence-corrected chi connectivity index (χ0v) is 26.8. The minimum atomic E-state index is -0.213. The number of benzene rings is 3. The molecule has 202 valence electrons. The second-order valence-corrected chi connectivity index (χ2v) is 11.3.